The summed E-state index contributed by atoms with van der Waals surface area (Å²) in [7, 11) is 4.08. The maximum absolute atomic E-state index is 8.92. The number of nitriles is 1. The Morgan fingerprint density at radius 3 is 2.62 bits per heavy atom. The molecule has 0 unspecified atom stereocenters. The average Bonchev–Trinajstić information content (AvgIpc) is 3.09. The summed E-state index contributed by atoms with van der Waals surface area (Å²) in [4.78, 5) is 2.27. The highest BCUT2D eigenvalue weighted by Gasteiger charge is 2.15. The number of rotatable bonds is 9. The smallest absolute Gasteiger partial charge is 0.120 e. The highest BCUT2D eigenvalue weighted by Crippen LogP contribution is 2.27. The van der Waals surface area contributed by atoms with Crippen LogP contribution in [0.5, 0.6) is 5.75 Å². The zero-order chi connectivity index (χ0) is 20.8. The van der Waals surface area contributed by atoms with E-state index in [-0.39, 0.29) is 0 Å². The van der Waals surface area contributed by atoms with Crippen LogP contribution in [-0.4, -0.2) is 41.9 Å². The minimum atomic E-state index is 0.291. The van der Waals surface area contributed by atoms with Crippen molar-refractivity contribution in [3.05, 3.63) is 59.3 Å². The lowest BCUT2D eigenvalue weighted by molar-refractivity contribution is 0.306. The second-order valence-electron chi connectivity index (χ2n) is 7.60. The molecule has 6 nitrogen and oxygen atoms in total. The van der Waals surface area contributed by atoms with Gasteiger partial charge in [0.25, 0.3) is 0 Å². The van der Waals surface area contributed by atoms with E-state index in [0.29, 0.717) is 18.2 Å². The number of nitrogens with one attached hydrogen (secondary N) is 1. The van der Waals surface area contributed by atoms with Crippen molar-refractivity contribution in [1.82, 2.24) is 20.0 Å². The van der Waals surface area contributed by atoms with Crippen LogP contribution >= 0.6 is 0 Å². The number of ether oxygens (including phenoxy) is 1. The second-order valence-corrected chi connectivity index (χ2v) is 7.60. The Kier molecular flexibility index (Phi) is 6.86. The van der Waals surface area contributed by atoms with Gasteiger partial charge in [-0.1, -0.05) is 12.1 Å². The van der Waals surface area contributed by atoms with Crippen LogP contribution in [-0.2, 0) is 13.2 Å². The number of nitrogens with zero attached hydrogens (tertiary/aromatic N) is 4. The molecule has 0 atom stereocenters. The molecule has 0 spiro atoms. The maximum atomic E-state index is 8.92. The number of benzene rings is 2. The molecule has 0 aliphatic heterocycles. The van der Waals surface area contributed by atoms with E-state index in [1.54, 1.807) is 0 Å². The van der Waals surface area contributed by atoms with Gasteiger partial charge in [-0.3, -0.25) is 9.58 Å². The summed E-state index contributed by atoms with van der Waals surface area (Å²) in [5.41, 5.74) is 3.89. The molecule has 3 aromatic rings. The Hall–Kier alpha value is -2.88. The van der Waals surface area contributed by atoms with Crippen molar-refractivity contribution in [1.29, 1.82) is 5.26 Å². The molecule has 1 aromatic heterocycles. The van der Waals surface area contributed by atoms with E-state index in [9.17, 15) is 0 Å². The van der Waals surface area contributed by atoms with Gasteiger partial charge in [-0.25, -0.2) is 0 Å². The Bertz CT molecular complexity index is 985. The van der Waals surface area contributed by atoms with Crippen LogP contribution in [0.3, 0.4) is 0 Å². The van der Waals surface area contributed by atoms with Gasteiger partial charge >= 0.3 is 0 Å². The fourth-order valence-electron chi connectivity index (χ4n) is 3.26. The van der Waals surface area contributed by atoms with Crippen LogP contribution in [0, 0.1) is 11.3 Å². The van der Waals surface area contributed by atoms with E-state index in [1.165, 1.54) is 0 Å². The van der Waals surface area contributed by atoms with Gasteiger partial charge < -0.3 is 10.1 Å². The molecular formula is C23H29N5O. The molecule has 0 saturated heterocycles. The number of fused-ring (bicyclic) bond motifs is 1. The molecule has 2 aromatic carbocycles. The molecule has 0 bridgehead atoms. The third-order valence-electron chi connectivity index (χ3n) is 4.90. The van der Waals surface area contributed by atoms with Crippen molar-refractivity contribution < 1.29 is 4.74 Å². The first-order chi connectivity index (χ1) is 14.0. The molecular weight excluding hydrogens is 362 g/mol. The second kappa shape index (κ2) is 9.55. The Balaban J connectivity index is 1.82. The quantitative estimate of drug-likeness (QED) is 0.602. The first-order valence-corrected chi connectivity index (χ1v) is 9.98. The van der Waals surface area contributed by atoms with Crippen LogP contribution in [0.25, 0.3) is 10.9 Å². The summed E-state index contributed by atoms with van der Waals surface area (Å²) >= 11 is 0. The summed E-state index contributed by atoms with van der Waals surface area (Å²) in [6.45, 7) is 7.45. The minimum Gasteiger partial charge on any atom is -0.489 e. The summed E-state index contributed by atoms with van der Waals surface area (Å²) in [5, 5.41) is 18.1. The lowest BCUT2D eigenvalue weighted by Gasteiger charge is -2.15. The van der Waals surface area contributed by atoms with Crippen LogP contribution in [0.15, 0.2) is 42.5 Å². The average molecular weight is 392 g/mol. The minimum absolute atomic E-state index is 0.291. The van der Waals surface area contributed by atoms with Crippen LogP contribution < -0.4 is 10.1 Å². The van der Waals surface area contributed by atoms with Gasteiger partial charge in [-0.2, -0.15) is 10.4 Å². The van der Waals surface area contributed by atoms with Gasteiger partial charge in [0.15, 0.2) is 0 Å². The summed E-state index contributed by atoms with van der Waals surface area (Å²) in [6.07, 6.45) is 0. The summed E-state index contributed by atoms with van der Waals surface area (Å²) in [5.74, 6) is 0.823. The predicted molar refractivity (Wildman–Crippen MR) is 116 cm³/mol. The largest absolute Gasteiger partial charge is 0.489 e. The van der Waals surface area contributed by atoms with Gasteiger partial charge in [0.2, 0.25) is 0 Å². The van der Waals surface area contributed by atoms with Crippen molar-refractivity contribution in [3.8, 4) is 11.8 Å². The first-order valence-electron chi connectivity index (χ1n) is 9.98. The highest BCUT2D eigenvalue weighted by atomic mass is 16.5. The fraction of sp³-hybridized carbons (Fsp3) is 0.391. The molecule has 3 rings (SSSR count). The number of aromatic nitrogens is 2. The van der Waals surface area contributed by atoms with Gasteiger partial charge in [0, 0.05) is 31.1 Å². The number of hydrogen-bond acceptors (Lipinski definition) is 5. The zero-order valence-electron chi connectivity index (χ0n) is 17.6. The van der Waals surface area contributed by atoms with Crippen LogP contribution in [0.2, 0.25) is 0 Å². The van der Waals surface area contributed by atoms with E-state index < -0.39 is 0 Å². The van der Waals surface area contributed by atoms with E-state index in [1.807, 2.05) is 37.4 Å². The van der Waals surface area contributed by atoms with Crippen molar-refractivity contribution >= 4 is 10.9 Å². The molecule has 0 aliphatic rings. The lowest BCUT2D eigenvalue weighted by Crippen LogP contribution is -2.27. The van der Waals surface area contributed by atoms with Crippen molar-refractivity contribution in [2.75, 3.05) is 27.2 Å². The monoisotopic (exact) mass is 391 g/mol. The Morgan fingerprint density at radius 1 is 1.21 bits per heavy atom. The van der Waals surface area contributed by atoms with Crippen LogP contribution in [0.1, 0.15) is 36.7 Å². The van der Waals surface area contributed by atoms with Gasteiger partial charge in [0.05, 0.1) is 22.8 Å². The molecule has 1 heterocycles. The Morgan fingerprint density at radius 2 is 1.97 bits per heavy atom. The molecule has 0 saturated carbocycles. The SMILES string of the molecule is CNCCN(C)Cc1nn(C(C)C)c2ccc(OCc3ccc(C#N)cc3)cc12. The maximum Gasteiger partial charge on any atom is 0.120 e. The molecule has 6 heteroatoms. The topological polar surface area (TPSA) is 66.1 Å². The van der Waals surface area contributed by atoms with Gasteiger partial charge in [0.1, 0.15) is 12.4 Å². The molecule has 0 aliphatic carbocycles. The van der Waals surface area contributed by atoms with E-state index in [0.717, 1.165) is 47.5 Å². The normalized spacial score (nSPS) is 11.3. The molecule has 152 valence electrons. The number of likely N-dealkylation sites (N-methyl/N-ethyl adjacent to an activating group) is 2. The standard InChI is InChI=1S/C23H29N5O/c1-17(2)28-23-10-9-20(29-16-19-7-5-18(14-24)6-8-19)13-21(23)22(26-28)15-27(4)12-11-25-3/h5-10,13,17,25H,11-12,15-16H2,1-4H3. The summed E-state index contributed by atoms with van der Waals surface area (Å²) in [6, 6.07) is 16.1. The van der Waals surface area contributed by atoms with Crippen molar-refractivity contribution in [2.24, 2.45) is 0 Å². The van der Waals surface area contributed by atoms with Crippen molar-refractivity contribution in [3.63, 3.8) is 0 Å². The van der Waals surface area contributed by atoms with E-state index in [2.05, 4.69) is 54.0 Å². The zero-order valence-corrected chi connectivity index (χ0v) is 17.6. The fourth-order valence-corrected chi connectivity index (χ4v) is 3.26. The molecule has 0 fully saturated rings. The van der Waals surface area contributed by atoms with E-state index in [4.69, 9.17) is 15.1 Å². The highest BCUT2D eigenvalue weighted by molar-refractivity contribution is 5.83. The van der Waals surface area contributed by atoms with Gasteiger partial charge in [-0.15, -0.1) is 0 Å². The first kappa shape index (κ1) is 20.8. The molecule has 0 radical (unpaired) electrons. The molecule has 29 heavy (non-hydrogen) atoms. The number of hydrogen-bond donors (Lipinski definition) is 1. The Labute approximate surface area is 172 Å². The van der Waals surface area contributed by atoms with Crippen LogP contribution in [0.4, 0.5) is 0 Å². The molecule has 1 N–H and O–H groups in total. The van der Waals surface area contributed by atoms with Gasteiger partial charge in [-0.05, 0) is 63.8 Å². The summed E-state index contributed by atoms with van der Waals surface area (Å²) < 4.78 is 8.11. The predicted octanol–water partition coefficient (Wildman–Crippen LogP) is 3.72. The van der Waals surface area contributed by atoms with Crippen molar-refractivity contribution in [2.45, 2.75) is 33.0 Å². The third-order valence-corrected chi connectivity index (χ3v) is 4.90. The molecule has 0 amide bonds. The third kappa shape index (κ3) is 5.14. The lowest BCUT2D eigenvalue weighted by atomic mass is 10.1. The van der Waals surface area contributed by atoms with E-state index >= 15 is 0 Å².